The van der Waals surface area contributed by atoms with Crippen LogP contribution in [0.5, 0.6) is 5.75 Å². The van der Waals surface area contributed by atoms with E-state index in [2.05, 4.69) is 22.0 Å². The minimum atomic E-state index is 0.558. The standard InChI is InChI=1S/C12H16BrO3/c13-6-7-14-8-9-15-10-11-16-12-4-2-1-3-5-12/h2-5H,6-11H2. The number of alkyl halides is 1. The molecule has 1 aromatic carbocycles. The third kappa shape index (κ3) is 6.82. The SMILES string of the molecule is BrCCOCCOCCOc1cc[c]cc1. The van der Waals surface area contributed by atoms with Gasteiger partial charge in [0.25, 0.3) is 0 Å². The van der Waals surface area contributed by atoms with E-state index in [-0.39, 0.29) is 0 Å². The predicted molar refractivity (Wildman–Crippen MR) is 66.2 cm³/mol. The molecule has 0 N–H and O–H groups in total. The smallest absolute Gasteiger partial charge is 0.119 e. The molecule has 0 bridgehead atoms. The second-order valence-electron chi connectivity index (χ2n) is 3.00. The molecule has 0 aliphatic rings. The van der Waals surface area contributed by atoms with E-state index in [0.29, 0.717) is 26.4 Å². The molecule has 4 heteroatoms. The molecule has 16 heavy (non-hydrogen) atoms. The van der Waals surface area contributed by atoms with Gasteiger partial charge in [-0.25, -0.2) is 0 Å². The minimum Gasteiger partial charge on any atom is -0.491 e. The van der Waals surface area contributed by atoms with Crippen molar-refractivity contribution in [2.75, 3.05) is 38.4 Å². The maximum absolute atomic E-state index is 5.44. The molecule has 0 fully saturated rings. The molecule has 0 saturated carbocycles. The van der Waals surface area contributed by atoms with Crippen molar-refractivity contribution >= 4 is 15.9 Å². The molecule has 0 aliphatic heterocycles. The van der Waals surface area contributed by atoms with E-state index in [9.17, 15) is 0 Å². The number of hydrogen-bond donors (Lipinski definition) is 0. The van der Waals surface area contributed by atoms with Crippen molar-refractivity contribution in [3.63, 3.8) is 0 Å². The van der Waals surface area contributed by atoms with Crippen molar-refractivity contribution in [1.29, 1.82) is 0 Å². The Balaban J connectivity index is 1.89. The van der Waals surface area contributed by atoms with Crippen LogP contribution in [-0.2, 0) is 9.47 Å². The van der Waals surface area contributed by atoms with Crippen LogP contribution in [0.4, 0.5) is 0 Å². The van der Waals surface area contributed by atoms with Crippen LogP contribution in [-0.4, -0.2) is 38.4 Å². The molecule has 0 unspecified atom stereocenters. The van der Waals surface area contributed by atoms with Gasteiger partial charge < -0.3 is 14.2 Å². The average Bonchev–Trinajstić information content (AvgIpc) is 2.34. The first-order valence-electron chi connectivity index (χ1n) is 5.24. The van der Waals surface area contributed by atoms with Gasteiger partial charge in [-0.15, -0.1) is 0 Å². The zero-order chi connectivity index (χ0) is 11.5. The highest BCUT2D eigenvalue weighted by atomic mass is 79.9. The zero-order valence-electron chi connectivity index (χ0n) is 9.15. The lowest BCUT2D eigenvalue weighted by Gasteiger charge is -2.07. The lowest BCUT2D eigenvalue weighted by molar-refractivity contribution is 0.0414. The highest BCUT2D eigenvalue weighted by Crippen LogP contribution is 2.07. The largest absolute Gasteiger partial charge is 0.491 e. The fourth-order valence-corrected chi connectivity index (χ4v) is 1.29. The summed E-state index contributed by atoms with van der Waals surface area (Å²) < 4.78 is 16.0. The number of halogens is 1. The highest BCUT2D eigenvalue weighted by Gasteiger charge is 1.92. The molecule has 3 nitrogen and oxygen atoms in total. The van der Waals surface area contributed by atoms with E-state index >= 15 is 0 Å². The lowest BCUT2D eigenvalue weighted by Crippen LogP contribution is -2.11. The normalized spacial score (nSPS) is 10.3. The maximum Gasteiger partial charge on any atom is 0.119 e. The second kappa shape index (κ2) is 9.63. The molecular weight excluding hydrogens is 272 g/mol. The molecule has 1 aromatic rings. The summed E-state index contributed by atoms with van der Waals surface area (Å²) in [7, 11) is 0. The summed E-state index contributed by atoms with van der Waals surface area (Å²) in [4.78, 5) is 0. The van der Waals surface area contributed by atoms with E-state index in [0.717, 1.165) is 17.7 Å². The number of hydrogen-bond acceptors (Lipinski definition) is 3. The van der Waals surface area contributed by atoms with Crippen LogP contribution >= 0.6 is 15.9 Å². The first-order valence-corrected chi connectivity index (χ1v) is 6.36. The Morgan fingerprint density at radius 1 is 0.938 bits per heavy atom. The lowest BCUT2D eigenvalue weighted by atomic mass is 10.3. The number of rotatable bonds is 9. The third-order valence-corrected chi connectivity index (χ3v) is 2.10. The molecule has 0 aliphatic carbocycles. The van der Waals surface area contributed by atoms with Crippen molar-refractivity contribution < 1.29 is 14.2 Å². The van der Waals surface area contributed by atoms with Gasteiger partial charge in [-0.1, -0.05) is 28.1 Å². The molecule has 1 rings (SSSR count). The Hall–Kier alpha value is -0.580. The van der Waals surface area contributed by atoms with Gasteiger partial charge in [-0.05, 0) is 18.2 Å². The van der Waals surface area contributed by atoms with Crippen LogP contribution in [0.1, 0.15) is 0 Å². The van der Waals surface area contributed by atoms with E-state index in [4.69, 9.17) is 14.2 Å². The second-order valence-corrected chi connectivity index (χ2v) is 3.79. The van der Waals surface area contributed by atoms with Crippen LogP contribution < -0.4 is 4.74 Å². The maximum atomic E-state index is 5.44. The van der Waals surface area contributed by atoms with E-state index in [1.807, 2.05) is 24.3 Å². The highest BCUT2D eigenvalue weighted by molar-refractivity contribution is 9.09. The number of ether oxygens (including phenoxy) is 3. The summed E-state index contributed by atoms with van der Waals surface area (Å²) in [5, 5.41) is 0.862. The van der Waals surface area contributed by atoms with Gasteiger partial charge >= 0.3 is 0 Å². The van der Waals surface area contributed by atoms with Gasteiger partial charge in [0.1, 0.15) is 12.4 Å². The van der Waals surface area contributed by atoms with Crippen molar-refractivity contribution in [3.05, 3.63) is 30.3 Å². The topological polar surface area (TPSA) is 27.7 Å². The first kappa shape index (κ1) is 13.5. The Labute approximate surface area is 105 Å². The van der Waals surface area contributed by atoms with Crippen LogP contribution in [0.3, 0.4) is 0 Å². The Kier molecular flexibility index (Phi) is 8.12. The third-order valence-electron chi connectivity index (χ3n) is 1.78. The van der Waals surface area contributed by atoms with Crippen molar-refractivity contribution in [1.82, 2.24) is 0 Å². The molecule has 0 aromatic heterocycles. The molecule has 1 radical (unpaired) electrons. The van der Waals surface area contributed by atoms with Gasteiger partial charge in [-0.3, -0.25) is 0 Å². The summed E-state index contributed by atoms with van der Waals surface area (Å²) in [6, 6.07) is 10.3. The predicted octanol–water partition coefficient (Wildman–Crippen LogP) is 2.29. The molecule has 0 heterocycles. The monoisotopic (exact) mass is 287 g/mol. The van der Waals surface area contributed by atoms with Gasteiger partial charge in [0, 0.05) is 5.33 Å². The van der Waals surface area contributed by atoms with Gasteiger partial charge in [0.2, 0.25) is 0 Å². The Bertz CT molecular complexity index is 254. The fraction of sp³-hybridized carbons (Fsp3) is 0.500. The van der Waals surface area contributed by atoms with Crippen molar-refractivity contribution in [2.45, 2.75) is 0 Å². The first-order chi connectivity index (χ1) is 7.93. The van der Waals surface area contributed by atoms with Crippen LogP contribution in [0.25, 0.3) is 0 Å². The van der Waals surface area contributed by atoms with Crippen molar-refractivity contribution in [3.8, 4) is 5.75 Å². The van der Waals surface area contributed by atoms with Crippen molar-refractivity contribution in [2.24, 2.45) is 0 Å². The molecular formula is C12H16BrO3. The van der Waals surface area contributed by atoms with Gasteiger partial charge in [0.15, 0.2) is 0 Å². The quantitative estimate of drug-likeness (QED) is 0.515. The minimum absolute atomic E-state index is 0.558. The molecule has 0 amide bonds. The van der Waals surface area contributed by atoms with E-state index in [1.165, 1.54) is 0 Å². The van der Waals surface area contributed by atoms with Crippen LogP contribution in [0.15, 0.2) is 24.3 Å². The molecule has 0 spiro atoms. The van der Waals surface area contributed by atoms with Crippen LogP contribution in [0, 0.1) is 6.07 Å². The van der Waals surface area contributed by atoms with Gasteiger partial charge in [-0.2, -0.15) is 0 Å². The molecule has 89 valence electrons. The fourth-order valence-electron chi connectivity index (χ4n) is 1.06. The summed E-state index contributed by atoms with van der Waals surface area (Å²) in [5.41, 5.74) is 0. The van der Waals surface area contributed by atoms with E-state index < -0.39 is 0 Å². The molecule has 0 atom stereocenters. The van der Waals surface area contributed by atoms with E-state index in [1.54, 1.807) is 0 Å². The summed E-state index contributed by atoms with van der Waals surface area (Å²) in [6.45, 7) is 3.10. The average molecular weight is 288 g/mol. The van der Waals surface area contributed by atoms with Crippen LogP contribution in [0.2, 0.25) is 0 Å². The summed E-state index contributed by atoms with van der Waals surface area (Å²) in [6.07, 6.45) is 0. The summed E-state index contributed by atoms with van der Waals surface area (Å²) >= 11 is 3.28. The Morgan fingerprint density at radius 2 is 1.56 bits per heavy atom. The summed E-state index contributed by atoms with van der Waals surface area (Å²) in [5.74, 6) is 0.845. The zero-order valence-corrected chi connectivity index (χ0v) is 10.7. The molecule has 0 saturated heterocycles. The Morgan fingerprint density at radius 3 is 2.25 bits per heavy atom. The number of benzene rings is 1. The van der Waals surface area contributed by atoms with Gasteiger partial charge in [0.05, 0.1) is 26.4 Å².